The van der Waals surface area contributed by atoms with Crippen molar-refractivity contribution < 1.29 is 4.79 Å². The normalized spacial score (nSPS) is 12.9. The van der Waals surface area contributed by atoms with Gasteiger partial charge in [-0.05, 0) is 20.8 Å². The van der Waals surface area contributed by atoms with Crippen molar-refractivity contribution in [2.75, 3.05) is 0 Å². The number of rotatable bonds is 3. The fraction of sp³-hybridized carbons (Fsp3) is 0.600. The molecule has 14 heavy (non-hydrogen) atoms. The molecule has 1 aromatic heterocycles. The highest BCUT2D eigenvalue weighted by atomic mass is 32.1. The summed E-state index contributed by atoms with van der Waals surface area (Å²) in [5.74, 6) is 0.105. The highest BCUT2D eigenvalue weighted by Gasteiger charge is 2.18. The molecule has 0 spiro atoms. The van der Waals surface area contributed by atoms with Crippen LogP contribution in [0.4, 0.5) is 0 Å². The van der Waals surface area contributed by atoms with Crippen molar-refractivity contribution in [2.24, 2.45) is 0 Å². The number of carbonyl (C=O) groups excluding carboxylic acids is 1. The zero-order chi connectivity index (χ0) is 10.9. The van der Waals surface area contributed by atoms with Gasteiger partial charge in [-0.1, -0.05) is 18.3 Å². The van der Waals surface area contributed by atoms with Gasteiger partial charge in [0.15, 0.2) is 5.78 Å². The van der Waals surface area contributed by atoms with Crippen LogP contribution in [0.3, 0.4) is 0 Å². The van der Waals surface area contributed by atoms with Crippen LogP contribution in [0.15, 0.2) is 4.79 Å². The van der Waals surface area contributed by atoms with Gasteiger partial charge in [-0.3, -0.25) is 14.2 Å². The van der Waals surface area contributed by atoms with Crippen LogP contribution < -0.4 is 4.87 Å². The summed E-state index contributed by atoms with van der Waals surface area (Å²) in [7, 11) is 0. The first-order valence-corrected chi connectivity index (χ1v) is 5.52. The van der Waals surface area contributed by atoms with Gasteiger partial charge in [-0.25, -0.2) is 0 Å². The van der Waals surface area contributed by atoms with E-state index in [-0.39, 0.29) is 16.7 Å². The van der Waals surface area contributed by atoms with Crippen LogP contribution in [-0.4, -0.2) is 10.4 Å². The number of carbonyl (C=O) groups is 1. The monoisotopic (exact) mass is 213 g/mol. The first kappa shape index (κ1) is 11.2. The molecule has 3 nitrogen and oxygen atoms in total. The summed E-state index contributed by atoms with van der Waals surface area (Å²) in [5.41, 5.74) is 0.911. The number of nitrogens with zero attached hydrogens (tertiary/aromatic N) is 1. The van der Waals surface area contributed by atoms with Crippen LogP contribution in [0.5, 0.6) is 0 Å². The Bertz CT molecular complexity index is 403. The van der Waals surface area contributed by atoms with Crippen LogP contribution >= 0.6 is 11.3 Å². The zero-order valence-electron chi connectivity index (χ0n) is 8.96. The first-order chi connectivity index (χ1) is 6.49. The van der Waals surface area contributed by atoms with Gasteiger partial charge in [0, 0.05) is 17.0 Å². The van der Waals surface area contributed by atoms with Crippen LogP contribution in [0.2, 0.25) is 0 Å². The average Bonchev–Trinajstić information content (AvgIpc) is 2.39. The smallest absolute Gasteiger partial charge is 0.297 e. The van der Waals surface area contributed by atoms with Gasteiger partial charge in [-0.15, -0.1) is 0 Å². The van der Waals surface area contributed by atoms with E-state index in [1.807, 2.05) is 20.8 Å². The molecule has 78 valence electrons. The van der Waals surface area contributed by atoms with Gasteiger partial charge < -0.3 is 0 Å². The number of hydrogen-bond acceptors (Lipinski definition) is 3. The Kier molecular flexibility index (Phi) is 3.26. The van der Waals surface area contributed by atoms with E-state index in [2.05, 4.69) is 0 Å². The van der Waals surface area contributed by atoms with Crippen LogP contribution in [0.1, 0.15) is 36.9 Å². The van der Waals surface area contributed by atoms with E-state index in [9.17, 15) is 9.59 Å². The molecule has 0 N–H and O–H groups in total. The Labute approximate surface area is 87.4 Å². The van der Waals surface area contributed by atoms with E-state index >= 15 is 0 Å². The second-order valence-electron chi connectivity index (χ2n) is 3.38. The molecule has 1 atom stereocenters. The molecule has 0 saturated heterocycles. The lowest BCUT2D eigenvalue weighted by Crippen LogP contribution is -2.24. The largest absolute Gasteiger partial charge is 0.308 e. The van der Waals surface area contributed by atoms with Crippen molar-refractivity contribution in [2.45, 2.75) is 40.2 Å². The van der Waals surface area contributed by atoms with Gasteiger partial charge in [0.25, 0.3) is 0 Å². The molecular formula is C10H15NO2S. The SMILES string of the molecule is CCC(=O)C(C)n1c(C)c(C)sc1=O. The summed E-state index contributed by atoms with van der Waals surface area (Å²) < 4.78 is 1.59. The zero-order valence-corrected chi connectivity index (χ0v) is 9.77. The van der Waals surface area contributed by atoms with Gasteiger partial charge in [-0.2, -0.15) is 0 Å². The van der Waals surface area contributed by atoms with Crippen molar-refractivity contribution in [1.29, 1.82) is 0 Å². The Morgan fingerprint density at radius 3 is 2.43 bits per heavy atom. The second-order valence-corrected chi connectivity index (χ2v) is 4.54. The maximum Gasteiger partial charge on any atom is 0.308 e. The molecule has 0 saturated carbocycles. The van der Waals surface area contributed by atoms with Gasteiger partial charge in [0.2, 0.25) is 0 Å². The quantitative estimate of drug-likeness (QED) is 0.771. The van der Waals surface area contributed by atoms with Crippen LogP contribution in [0, 0.1) is 13.8 Å². The molecule has 0 aliphatic carbocycles. The van der Waals surface area contributed by atoms with E-state index in [0.29, 0.717) is 6.42 Å². The second kappa shape index (κ2) is 4.09. The molecule has 0 fully saturated rings. The first-order valence-electron chi connectivity index (χ1n) is 4.70. The number of thiazole rings is 1. The third-order valence-corrected chi connectivity index (χ3v) is 3.48. The fourth-order valence-electron chi connectivity index (χ4n) is 1.45. The fourth-order valence-corrected chi connectivity index (χ4v) is 2.35. The summed E-state index contributed by atoms with van der Waals surface area (Å²) in [6, 6.07) is -0.322. The Morgan fingerprint density at radius 1 is 1.50 bits per heavy atom. The van der Waals surface area contributed by atoms with Crippen molar-refractivity contribution in [3.8, 4) is 0 Å². The maximum atomic E-state index is 11.6. The van der Waals surface area contributed by atoms with E-state index in [1.54, 1.807) is 11.5 Å². The van der Waals surface area contributed by atoms with E-state index in [1.165, 1.54) is 11.3 Å². The summed E-state index contributed by atoms with van der Waals surface area (Å²) in [4.78, 5) is 24.0. The molecule has 0 radical (unpaired) electrons. The Balaban J connectivity index is 3.19. The minimum atomic E-state index is -0.322. The summed E-state index contributed by atoms with van der Waals surface area (Å²) in [5, 5.41) is 0. The third kappa shape index (κ3) is 1.80. The standard InChI is InChI=1S/C10H15NO2S/c1-5-9(12)7(3)11-6(2)8(4)14-10(11)13/h7H,5H2,1-4H3. The lowest BCUT2D eigenvalue weighted by atomic mass is 10.1. The van der Waals surface area contributed by atoms with E-state index < -0.39 is 0 Å². The number of aromatic nitrogens is 1. The highest BCUT2D eigenvalue weighted by molar-refractivity contribution is 7.09. The molecule has 4 heteroatoms. The minimum Gasteiger partial charge on any atom is -0.297 e. The molecular weight excluding hydrogens is 198 g/mol. The Morgan fingerprint density at radius 2 is 2.07 bits per heavy atom. The number of aryl methyl sites for hydroxylation is 1. The van der Waals surface area contributed by atoms with Gasteiger partial charge in [0.05, 0.1) is 6.04 Å². The number of ketones is 1. The summed E-state index contributed by atoms with van der Waals surface area (Å²) in [6.45, 7) is 7.39. The lowest BCUT2D eigenvalue weighted by Gasteiger charge is -2.12. The van der Waals surface area contributed by atoms with Crippen LogP contribution in [0.25, 0.3) is 0 Å². The van der Waals surface area contributed by atoms with E-state index in [4.69, 9.17) is 0 Å². The molecule has 1 unspecified atom stereocenters. The summed E-state index contributed by atoms with van der Waals surface area (Å²) >= 11 is 1.21. The summed E-state index contributed by atoms with van der Waals surface area (Å²) in [6.07, 6.45) is 0.474. The van der Waals surface area contributed by atoms with Crippen molar-refractivity contribution in [1.82, 2.24) is 4.57 Å². The number of Topliss-reactive ketones (excluding diaryl/α,β-unsaturated/α-hetero) is 1. The molecule has 1 rings (SSSR count). The topological polar surface area (TPSA) is 39.1 Å². The minimum absolute atomic E-state index is 0.0331. The van der Waals surface area contributed by atoms with Crippen LogP contribution in [-0.2, 0) is 4.79 Å². The molecule has 0 amide bonds. The van der Waals surface area contributed by atoms with Gasteiger partial charge >= 0.3 is 4.87 Å². The predicted molar refractivity (Wildman–Crippen MR) is 58.1 cm³/mol. The third-order valence-electron chi connectivity index (χ3n) is 2.51. The van der Waals surface area contributed by atoms with E-state index in [0.717, 1.165) is 10.6 Å². The number of hydrogen-bond donors (Lipinski definition) is 0. The molecule has 1 heterocycles. The van der Waals surface area contributed by atoms with Crippen molar-refractivity contribution in [3.63, 3.8) is 0 Å². The maximum absolute atomic E-state index is 11.6. The molecule has 1 aromatic rings. The molecule has 0 bridgehead atoms. The predicted octanol–water partition coefficient (Wildman–Crippen LogP) is 2.07. The van der Waals surface area contributed by atoms with Gasteiger partial charge in [0.1, 0.15) is 0 Å². The molecule has 0 aliphatic heterocycles. The van der Waals surface area contributed by atoms with Crippen molar-refractivity contribution >= 4 is 17.1 Å². The molecule has 0 aromatic carbocycles. The lowest BCUT2D eigenvalue weighted by molar-refractivity contribution is -0.121. The average molecular weight is 213 g/mol. The molecule has 0 aliphatic rings. The Hall–Kier alpha value is -0.900. The highest BCUT2D eigenvalue weighted by Crippen LogP contribution is 2.16. The van der Waals surface area contributed by atoms with Crippen molar-refractivity contribution in [3.05, 3.63) is 20.2 Å².